The number of guanidine groups is 1. The van der Waals surface area contributed by atoms with Gasteiger partial charge in [-0.3, -0.25) is 4.79 Å². The van der Waals surface area contributed by atoms with Gasteiger partial charge in [-0.2, -0.15) is 0 Å². The minimum absolute atomic E-state index is 0.00880. The minimum Gasteiger partial charge on any atom is -0.356 e. The zero-order chi connectivity index (χ0) is 18.1. The highest BCUT2D eigenvalue weighted by Crippen LogP contribution is 2.15. The third kappa shape index (κ3) is 6.76. The van der Waals surface area contributed by atoms with Gasteiger partial charge in [0.2, 0.25) is 5.91 Å². The molecule has 0 saturated heterocycles. The number of hydrogen-bond acceptors (Lipinski definition) is 3. The molecule has 134 valence electrons. The van der Waals surface area contributed by atoms with Crippen molar-refractivity contribution in [3.8, 4) is 0 Å². The highest BCUT2D eigenvalue weighted by Gasteiger charge is 2.06. The molecule has 2 aromatic rings. The molecule has 0 aliphatic carbocycles. The van der Waals surface area contributed by atoms with Crippen molar-refractivity contribution in [2.75, 3.05) is 27.2 Å². The van der Waals surface area contributed by atoms with Crippen LogP contribution in [0.15, 0.2) is 46.8 Å². The second-order valence-electron chi connectivity index (χ2n) is 5.65. The van der Waals surface area contributed by atoms with E-state index in [1.54, 1.807) is 30.3 Å². The first-order chi connectivity index (χ1) is 12.1. The largest absolute Gasteiger partial charge is 0.356 e. The molecule has 0 unspecified atom stereocenters. The standard InChI is InChI=1S/C18H23ClN4OS/c1-23(2)17(24)13-22-18(20-10-9-15-7-5-11-25-15)21-12-14-6-3-4-8-16(14)19/h3-8,11H,9-10,12-13H2,1-2H3,(H2,20,21,22). The number of nitrogens with zero attached hydrogens (tertiary/aromatic N) is 2. The molecule has 2 N–H and O–H groups in total. The van der Waals surface area contributed by atoms with Crippen molar-refractivity contribution in [2.24, 2.45) is 4.99 Å². The van der Waals surface area contributed by atoms with Crippen LogP contribution >= 0.6 is 22.9 Å². The normalized spacial score (nSPS) is 11.2. The lowest BCUT2D eigenvalue weighted by molar-refractivity contribution is -0.127. The number of aliphatic imine (C=N–C) groups is 1. The summed E-state index contributed by atoms with van der Waals surface area (Å²) >= 11 is 7.91. The van der Waals surface area contributed by atoms with Crippen LogP contribution in [0.5, 0.6) is 0 Å². The van der Waals surface area contributed by atoms with Gasteiger partial charge in [-0.15, -0.1) is 11.3 Å². The van der Waals surface area contributed by atoms with E-state index in [0.717, 1.165) is 18.5 Å². The van der Waals surface area contributed by atoms with E-state index in [1.165, 1.54) is 4.88 Å². The van der Waals surface area contributed by atoms with Gasteiger partial charge >= 0.3 is 0 Å². The van der Waals surface area contributed by atoms with Crippen molar-refractivity contribution < 1.29 is 4.79 Å². The second kappa shape index (κ2) is 10.1. The highest BCUT2D eigenvalue weighted by atomic mass is 35.5. The third-order valence-corrected chi connectivity index (χ3v) is 4.82. The van der Waals surface area contributed by atoms with Crippen molar-refractivity contribution in [1.82, 2.24) is 15.5 Å². The van der Waals surface area contributed by atoms with Gasteiger partial charge in [-0.05, 0) is 29.5 Å². The molecule has 1 heterocycles. The van der Waals surface area contributed by atoms with Gasteiger partial charge in [0.1, 0.15) is 0 Å². The molecule has 0 saturated carbocycles. The molecule has 0 atom stereocenters. The molecule has 5 nitrogen and oxygen atoms in total. The maximum absolute atomic E-state index is 11.8. The van der Waals surface area contributed by atoms with Crippen LogP contribution < -0.4 is 10.6 Å². The molecule has 1 aromatic heterocycles. The molecule has 0 radical (unpaired) electrons. The first-order valence-corrected chi connectivity index (χ1v) is 9.30. The van der Waals surface area contributed by atoms with Gasteiger partial charge in [0, 0.05) is 30.5 Å². The van der Waals surface area contributed by atoms with Crippen LogP contribution in [-0.2, 0) is 17.8 Å². The predicted molar refractivity (Wildman–Crippen MR) is 105 cm³/mol. The van der Waals surface area contributed by atoms with E-state index in [-0.39, 0.29) is 12.5 Å². The van der Waals surface area contributed by atoms with E-state index in [9.17, 15) is 4.79 Å². The molecule has 7 heteroatoms. The average Bonchev–Trinajstić information content (AvgIpc) is 3.11. The fraction of sp³-hybridized carbons (Fsp3) is 0.333. The Hall–Kier alpha value is -2.05. The molecule has 0 spiro atoms. The van der Waals surface area contributed by atoms with Crippen LogP contribution in [-0.4, -0.2) is 44.0 Å². The monoisotopic (exact) mass is 378 g/mol. The van der Waals surface area contributed by atoms with E-state index in [1.807, 2.05) is 30.3 Å². The first-order valence-electron chi connectivity index (χ1n) is 8.04. The van der Waals surface area contributed by atoms with Gasteiger partial charge in [0.25, 0.3) is 0 Å². The Kier molecular flexibility index (Phi) is 7.76. The highest BCUT2D eigenvalue weighted by molar-refractivity contribution is 7.09. The lowest BCUT2D eigenvalue weighted by Crippen LogP contribution is -2.43. The number of rotatable bonds is 7. The molecule has 1 amide bonds. The quantitative estimate of drug-likeness (QED) is 0.575. The van der Waals surface area contributed by atoms with Gasteiger partial charge in [-0.25, -0.2) is 4.99 Å². The number of hydrogen-bond donors (Lipinski definition) is 2. The van der Waals surface area contributed by atoms with E-state index in [4.69, 9.17) is 11.6 Å². The van der Waals surface area contributed by atoms with Crippen LogP contribution in [0, 0.1) is 0 Å². The number of benzene rings is 1. The number of carbonyl (C=O) groups is 1. The van der Waals surface area contributed by atoms with Crippen LogP contribution in [0.4, 0.5) is 0 Å². The minimum atomic E-state index is -0.00880. The molecular weight excluding hydrogens is 356 g/mol. The van der Waals surface area contributed by atoms with Crippen molar-refractivity contribution >= 4 is 34.8 Å². The Bertz CT molecular complexity index is 701. The van der Waals surface area contributed by atoms with Crippen molar-refractivity contribution in [1.29, 1.82) is 0 Å². The fourth-order valence-electron chi connectivity index (χ4n) is 2.04. The van der Waals surface area contributed by atoms with Crippen LogP contribution in [0.3, 0.4) is 0 Å². The smallest absolute Gasteiger partial charge is 0.241 e. The van der Waals surface area contributed by atoms with Gasteiger partial charge < -0.3 is 15.5 Å². The second-order valence-corrected chi connectivity index (χ2v) is 7.09. The molecule has 1 aromatic carbocycles. The zero-order valence-electron chi connectivity index (χ0n) is 14.5. The van der Waals surface area contributed by atoms with Crippen molar-refractivity contribution in [2.45, 2.75) is 13.0 Å². The Balaban J connectivity index is 1.95. The Morgan fingerprint density at radius 1 is 1.20 bits per heavy atom. The molecule has 0 aliphatic rings. The number of thiophene rings is 1. The topological polar surface area (TPSA) is 56.7 Å². The predicted octanol–water partition coefficient (Wildman–Crippen LogP) is 2.77. The van der Waals surface area contributed by atoms with E-state index < -0.39 is 0 Å². The number of nitrogens with one attached hydrogen (secondary N) is 2. The lowest BCUT2D eigenvalue weighted by atomic mass is 10.2. The Morgan fingerprint density at radius 3 is 2.68 bits per heavy atom. The molecular formula is C18H23ClN4OS. The zero-order valence-corrected chi connectivity index (χ0v) is 16.0. The maximum Gasteiger partial charge on any atom is 0.241 e. The fourth-order valence-corrected chi connectivity index (χ4v) is 2.95. The molecule has 25 heavy (non-hydrogen) atoms. The number of halogens is 1. The van der Waals surface area contributed by atoms with E-state index in [0.29, 0.717) is 17.5 Å². The van der Waals surface area contributed by atoms with Crippen LogP contribution in [0.1, 0.15) is 10.4 Å². The SMILES string of the molecule is CN(C)C(=O)CNC(=NCc1ccccc1Cl)NCCc1cccs1. The summed E-state index contributed by atoms with van der Waals surface area (Å²) in [6, 6.07) is 11.8. The number of carbonyl (C=O) groups excluding carboxylic acids is 1. The number of amides is 1. The number of likely N-dealkylation sites (N-methyl/N-ethyl adjacent to an activating group) is 1. The summed E-state index contributed by atoms with van der Waals surface area (Å²) in [4.78, 5) is 19.2. The average molecular weight is 379 g/mol. The molecule has 0 bridgehead atoms. The summed E-state index contributed by atoms with van der Waals surface area (Å²) in [5, 5.41) is 9.11. The van der Waals surface area contributed by atoms with E-state index >= 15 is 0 Å². The summed E-state index contributed by atoms with van der Waals surface area (Å²) in [6.07, 6.45) is 0.909. The van der Waals surface area contributed by atoms with Gasteiger partial charge in [0.05, 0.1) is 13.1 Å². The van der Waals surface area contributed by atoms with Gasteiger partial charge in [0.15, 0.2) is 5.96 Å². The maximum atomic E-state index is 11.8. The molecule has 2 rings (SSSR count). The molecule has 0 fully saturated rings. The Labute approximate surface area is 157 Å². The van der Waals surface area contributed by atoms with Crippen LogP contribution in [0.25, 0.3) is 0 Å². The van der Waals surface area contributed by atoms with Gasteiger partial charge in [-0.1, -0.05) is 35.9 Å². The van der Waals surface area contributed by atoms with E-state index in [2.05, 4.69) is 27.1 Å². The summed E-state index contributed by atoms with van der Waals surface area (Å²) < 4.78 is 0. The molecule has 0 aliphatic heterocycles. The summed E-state index contributed by atoms with van der Waals surface area (Å²) in [5.74, 6) is 0.595. The van der Waals surface area contributed by atoms with Crippen LogP contribution in [0.2, 0.25) is 5.02 Å². The first kappa shape index (κ1) is 19.3. The lowest BCUT2D eigenvalue weighted by Gasteiger charge is -2.15. The van der Waals surface area contributed by atoms with Crippen molar-refractivity contribution in [3.05, 3.63) is 57.2 Å². The Morgan fingerprint density at radius 2 is 2.00 bits per heavy atom. The summed E-state index contributed by atoms with van der Waals surface area (Å²) in [5.41, 5.74) is 0.947. The van der Waals surface area contributed by atoms with Crippen molar-refractivity contribution in [3.63, 3.8) is 0 Å². The summed E-state index contributed by atoms with van der Waals surface area (Å²) in [6.45, 7) is 1.38. The summed E-state index contributed by atoms with van der Waals surface area (Å²) in [7, 11) is 3.46. The third-order valence-electron chi connectivity index (χ3n) is 3.52.